The highest BCUT2D eigenvalue weighted by Gasteiger charge is 2.15. The maximum atomic E-state index is 11.4. The van der Waals surface area contributed by atoms with Gasteiger partial charge in [-0.2, -0.15) is 5.10 Å². The molecule has 7 heteroatoms. The van der Waals surface area contributed by atoms with Gasteiger partial charge in [0, 0.05) is 13.1 Å². The molecular weight excluding hydrogens is 258 g/mol. The van der Waals surface area contributed by atoms with E-state index < -0.39 is 6.10 Å². The van der Waals surface area contributed by atoms with Gasteiger partial charge in [-0.25, -0.2) is 0 Å². The number of hydrogen-bond acceptors (Lipinski definition) is 5. The van der Waals surface area contributed by atoms with Crippen LogP contribution in [0.25, 0.3) is 0 Å². The molecule has 114 valence electrons. The number of likely N-dealkylation sites (N-methyl/N-ethyl adjacent to an activating group) is 2. The molecule has 1 aromatic rings. The van der Waals surface area contributed by atoms with Crippen LogP contribution in [0.3, 0.4) is 0 Å². The molecular formula is C13H25N5O2. The summed E-state index contributed by atoms with van der Waals surface area (Å²) >= 11 is 0. The molecule has 1 heterocycles. The zero-order valence-corrected chi connectivity index (χ0v) is 12.7. The third-order valence-electron chi connectivity index (χ3n) is 3.13. The fourth-order valence-electron chi connectivity index (χ4n) is 2.07. The molecule has 4 N–H and O–H groups in total. The van der Waals surface area contributed by atoms with Crippen molar-refractivity contribution >= 4 is 11.6 Å². The van der Waals surface area contributed by atoms with E-state index in [2.05, 4.69) is 10.4 Å². The Bertz CT molecular complexity index is 458. The SMILES string of the molecule is CCNC(=O)CN(C)CC(O)Cn1nc(C)c(N)c1C. The Labute approximate surface area is 119 Å². The van der Waals surface area contributed by atoms with Crippen LogP contribution in [0.2, 0.25) is 0 Å². The first-order chi connectivity index (χ1) is 9.35. The van der Waals surface area contributed by atoms with Gasteiger partial charge in [-0.05, 0) is 27.8 Å². The van der Waals surface area contributed by atoms with Crippen molar-refractivity contribution in [2.24, 2.45) is 0 Å². The minimum absolute atomic E-state index is 0.0439. The van der Waals surface area contributed by atoms with E-state index in [1.54, 1.807) is 16.6 Å². The Morgan fingerprint density at radius 2 is 2.20 bits per heavy atom. The smallest absolute Gasteiger partial charge is 0.234 e. The van der Waals surface area contributed by atoms with E-state index in [0.717, 1.165) is 11.4 Å². The van der Waals surface area contributed by atoms with Crippen LogP contribution in [0.4, 0.5) is 5.69 Å². The predicted octanol–water partition coefficient (Wildman–Crippen LogP) is -0.489. The van der Waals surface area contributed by atoms with Crippen molar-refractivity contribution < 1.29 is 9.90 Å². The molecule has 7 nitrogen and oxygen atoms in total. The highest BCUT2D eigenvalue weighted by Crippen LogP contribution is 2.15. The number of aliphatic hydroxyl groups is 1. The number of carbonyl (C=O) groups excluding carboxylic acids is 1. The number of amides is 1. The summed E-state index contributed by atoms with van der Waals surface area (Å²) in [6.07, 6.45) is -0.605. The number of anilines is 1. The molecule has 1 atom stereocenters. The number of nitrogen functional groups attached to an aromatic ring is 1. The van der Waals surface area contributed by atoms with Crippen molar-refractivity contribution in [1.82, 2.24) is 20.0 Å². The van der Waals surface area contributed by atoms with E-state index in [1.165, 1.54) is 0 Å². The summed E-state index contributed by atoms with van der Waals surface area (Å²) in [6.45, 7) is 7.23. The topological polar surface area (TPSA) is 96.4 Å². The molecule has 20 heavy (non-hydrogen) atoms. The maximum Gasteiger partial charge on any atom is 0.234 e. The van der Waals surface area contributed by atoms with Gasteiger partial charge in [-0.1, -0.05) is 0 Å². The number of aliphatic hydroxyl groups excluding tert-OH is 1. The van der Waals surface area contributed by atoms with Crippen molar-refractivity contribution in [2.75, 3.05) is 32.4 Å². The quantitative estimate of drug-likeness (QED) is 0.627. The Morgan fingerprint density at radius 3 is 2.70 bits per heavy atom. The largest absolute Gasteiger partial charge is 0.396 e. The minimum Gasteiger partial charge on any atom is -0.396 e. The number of rotatable bonds is 7. The summed E-state index contributed by atoms with van der Waals surface area (Å²) in [5.41, 5.74) is 8.13. The van der Waals surface area contributed by atoms with Crippen LogP contribution < -0.4 is 11.1 Å². The third kappa shape index (κ3) is 4.50. The van der Waals surface area contributed by atoms with Gasteiger partial charge >= 0.3 is 0 Å². The van der Waals surface area contributed by atoms with Crippen molar-refractivity contribution in [3.8, 4) is 0 Å². The number of nitrogens with two attached hydrogens (primary N) is 1. The Morgan fingerprint density at radius 1 is 1.55 bits per heavy atom. The first-order valence-electron chi connectivity index (χ1n) is 6.77. The van der Waals surface area contributed by atoms with Crippen molar-refractivity contribution in [2.45, 2.75) is 33.4 Å². The van der Waals surface area contributed by atoms with E-state index >= 15 is 0 Å². The zero-order chi connectivity index (χ0) is 15.3. The molecule has 1 aromatic heterocycles. The first-order valence-corrected chi connectivity index (χ1v) is 6.77. The van der Waals surface area contributed by atoms with Crippen molar-refractivity contribution in [3.63, 3.8) is 0 Å². The summed E-state index contributed by atoms with van der Waals surface area (Å²) in [5, 5.41) is 17.1. The standard InChI is InChI=1S/C13H25N5O2/c1-5-15-12(20)8-17(4)6-11(19)7-18-10(3)13(14)9(2)16-18/h11,19H,5-8,14H2,1-4H3,(H,15,20). The lowest BCUT2D eigenvalue weighted by Crippen LogP contribution is -2.39. The lowest BCUT2D eigenvalue weighted by atomic mass is 10.3. The summed E-state index contributed by atoms with van der Waals surface area (Å²) < 4.78 is 1.70. The molecule has 0 bridgehead atoms. The van der Waals surface area contributed by atoms with E-state index in [0.29, 0.717) is 25.3 Å². The van der Waals surface area contributed by atoms with Crippen LogP contribution >= 0.6 is 0 Å². The van der Waals surface area contributed by atoms with Crippen LogP contribution in [0.1, 0.15) is 18.3 Å². The number of nitrogens with one attached hydrogen (secondary N) is 1. The molecule has 0 radical (unpaired) electrons. The van der Waals surface area contributed by atoms with Crippen LogP contribution in [-0.2, 0) is 11.3 Å². The number of carbonyl (C=O) groups is 1. The molecule has 0 saturated carbocycles. The van der Waals surface area contributed by atoms with Crippen molar-refractivity contribution in [1.29, 1.82) is 0 Å². The van der Waals surface area contributed by atoms with E-state index in [9.17, 15) is 9.90 Å². The predicted molar refractivity (Wildman–Crippen MR) is 78.3 cm³/mol. The fourth-order valence-corrected chi connectivity index (χ4v) is 2.07. The molecule has 0 saturated heterocycles. The van der Waals surface area contributed by atoms with Gasteiger partial charge in [0.05, 0.1) is 36.3 Å². The first kappa shape index (κ1) is 16.5. The van der Waals surface area contributed by atoms with Gasteiger partial charge in [0.25, 0.3) is 0 Å². The lowest BCUT2D eigenvalue weighted by Gasteiger charge is -2.20. The number of aromatic nitrogens is 2. The second-order valence-corrected chi connectivity index (χ2v) is 5.07. The number of hydrogen-bond donors (Lipinski definition) is 3. The molecule has 0 aromatic carbocycles. The van der Waals surface area contributed by atoms with E-state index in [1.807, 2.05) is 20.8 Å². The molecule has 0 fully saturated rings. The molecule has 0 aliphatic heterocycles. The summed E-state index contributed by atoms with van der Waals surface area (Å²) in [7, 11) is 1.80. The van der Waals surface area contributed by atoms with Gasteiger partial charge in [0.2, 0.25) is 5.91 Å². The highest BCUT2D eigenvalue weighted by atomic mass is 16.3. The third-order valence-corrected chi connectivity index (χ3v) is 3.13. The molecule has 1 rings (SSSR count). The summed E-state index contributed by atoms with van der Waals surface area (Å²) in [4.78, 5) is 13.2. The van der Waals surface area contributed by atoms with Crippen LogP contribution in [0.5, 0.6) is 0 Å². The minimum atomic E-state index is -0.605. The fraction of sp³-hybridized carbons (Fsp3) is 0.692. The van der Waals surface area contributed by atoms with Gasteiger partial charge in [0.15, 0.2) is 0 Å². The average Bonchev–Trinajstić information content (AvgIpc) is 2.56. The Balaban J connectivity index is 2.48. The van der Waals surface area contributed by atoms with Gasteiger partial charge < -0.3 is 16.2 Å². The second-order valence-electron chi connectivity index (χ2n) is 5.07. The molecule has 1 unspecified atom stereocenters. The number of nitrogens with zero attached hydrogens (tertiary/aromatic N) is 3. The van der Waals surface area contributed by atoms with Crippen molar-refractivity contribution in [3.05, 3.63) is 11.4 Å². The van der Waals surface area contributed by atoms with Crippen LogP contribution in [-0.4, -0.2) is 58.5 Å². The van der Waals surface area contributed by atoms with E-state index in [4.69, 9.17) is 5.73 Å². The van der Waals surface area contributed by atoms with Gasteiger partial charge in [0.1, 0.15) is 0 Å². The molecule has 0 aliphatic carbocycles. The average molecular weight is 283 g/mol. The summed E-state index contributed by atoms with van der Waals surface area (Å²) in [5.74, 6) is -0.0439. The maximum absolute atomic E-state index is 11.4. The summed E-state index contributed by atoms with van der Waals surface area (Å²) in [6, 6.07) is 0. The monoisotopic (exact) mass is 283 g/mol. The molecule has 0 aliphatic rings. The molecule has 1 amide bonds. The second kappa shape index (κ2) is 7.25. The highest BCUT2D eigenvalue weighted by molar-refractivity contribution is 5.77. The normalized spacial score (nSPS) is 12.7. The zero-order valence-electron chi connectivity index (χ0n) is 12.7. The Kier molecular flexibility index (Phi) is 5.97. The Hall–Kier alpha value is -1.60. The van der Waals surface area contributed by atoms with Gasteiger partial charge in [-0.3, -0.25) is 14.4 Å². The van der Waals surface area contributed by atoms with Gasteiger partial charge in [-0.15, -0.1) is 0 Å². The van der Waals surface area contributed by atoms with E-state index in [-0.39, 0.29) is 12.5 Å². The number of aryl methyl sites for hydroxylation is 1. The van der Waals surface area contributed by atoms with Crippen LogP contribution in [0, 0.1) is 13.8 Å². The van der Waals surface area contributed by atoms with Crippen LogP contribution in [0.15, 0.2) is 0 Å². The lowest BCUT2D eigenvalue weighted by molar-refractivity contribution is -0.122. The molecule has 0 spiro atoms.